The van der Waals surface area contributed by atoms with Gasteiger partial charge in [0.05, 0.1) is 17.2 Å². The number of hydrogen-bond donors (Lipinski definition) is 1. The molecule has 1 amide bonds. The zero-order valence-electron chi connectivity index (χ0n) is 10.8. The van der Waals surface area contributed by atoms with Crippen molar-refractivity contribution in [1.29, 1.82) is 0 Å². The van der Waals surface area contributed by atoms with Gasteiger partial charge in [0.25, 0.3) is 5.91 Å². The van der Waals surface area contributed by atoms with E-state index in [-0.39, 0.29) is 5.91 Å². The van der Waals surface area contributed by atoms with Crippen molar-refractivity contribution in [3.05, 3.63) is 17.0 Å². The summed E-state index contributed by atoms with van der Waals surface area (Å²) >= 11 is 0. The molecule has 0 aliphatic carbocycles. The minimum atomic E-state index is -0.829. The molecule has 0 radical (unpaired) electrons. The number of aryl methyl sites for hydroxylation is 2. The van der Waals surface area contributed by atoms with Gasteiger partial charge in [0.1, 0.15) is 0 Å². The summed E-state index contributed by atoms with van der Waals surface area (Å²) in [6, 6.07) is 0. The molecule has 1 aromatic rings. The molecular formula is C12H17N3O3. The fourth-order valence-electron chi connectivity index (χ4n) is 2.39. The van der Waals surface area contributed by atoms with Crippen LogP contribution in [0.15, 0.2) is 0 Å². The number of rotatable bonds is 2. The van der Waals surface area contributed by atoms with Gasteiger partial charge in [-0.15, -0.1) is 0 Å². The second kappa shape index (κ2) is 4.44. The number of carbonyl (C=O) groups excluding carboxylic acids is 1. The Morgan fingerprint density at radius 3 is 2.50 bits per heavy atom. The number of carboxylic acids is 1. The first-order valence-electron chi connectivity index (χ1n) is 5.94. The van der Waals surface area contributed by atoms with Crippen molar-refractivity contribution in [2.24, 2.45) is 13.0 Å². The number of likely N-dealkylation sites (tertiary alicyclic amines) is 1. The number of carbonyl (C=O) groups is 2. The van der Waals surface area contributed by atoms with Crippen LogP contribution >= 0.6 is 0 Å². The molecular weight excluding hydrogens is 234 g/mol. The molecule has 18 heavy (non-hydrogen) atoms. The number of carboxylic acid groups (broad SMARTS) is 1. The van der Waals surface area contributed by atoms with E-state index < -0.39 is 11.9 Å². The highest BCUT2D eigenvalue weighted by Crippen LogP contribution is 2.21. The first kappa shape index (κ1) is 12.6. The molecule has 2 rings (SSSR count). The van der Waals surface area contributed by atoms with E-state index in [1.54, 1.807) is 23.6 Å². The Labute approximate surface area is 105 Å². The van der Waals surface area contributed by atoms with Gasteiger partial charge in [0.2, 0.25) is 0 Å². The minimum Gasteiger partial charge on any atom is -0.481 e. The molecule has 1 fully saturated rings. The fraction of sp³-hybridized carbons (Fsp3) is 0.583. The molecule has 1 aliphatic heterocycles. The van der Waals surface area contributed by atoms with Gasteiger partial charge >= 0.3 is 5.97 Å². The largest absolute Gasteiger partial charge is 0.481 e. The van der Waals surface area contributed by atoms with Crippen molar-refractivity contribution >= 4 is 11.9 Å². The van der Waals surface area contributed by atoms with E-state index in [0.717, 1.165) is 5.69 Å². The average Bonchev–Trinajstić information content (AvgIpc) is 2.85. The van der Waals surface area contributed by atoms with Crippen LogP contribution in [-0.4, -0.2) is 44.8 Å². The smallest absolute Gasteiger partial charge is 0.308 e. The lowest BCUT2D eigenvalue weighted by atomic mass is 10.1. The number of aromatic nitrogens is 2. The van der Waals surface area contributed by atoms with Gasteiger partial charge in [-0.1, -0.05) is 0 Å². The summed E-state index contributed by atoms with van der Waals surface area (Å²) in [6.45, 7) is 4.44. The van der Waals surface area contributed by atoms with Gasteiger partial charge in [-0.2, -0.15) is 5.10 Å². The van der Waals surface area contributed by atoms with Crippen LogP contribution in [0.5, 0.6) is 0 Å². The molecule has 1 aromatic heterocycles. The van der Waals surface area contributed by atoms with Crippen LogP contribution in [0.1, 0.15) is 28.2 Å². The third-order valence-electron chi connectivity index (χ3n) is 3.55. The number of nitrogens with zero attached hydrogens (tertiary/aromatic N) is 3. The fourth-order valence-corrected chi connectivity index (χ4v) is 2.39. The Hall–Kier alpha value is -1.85. The molecule has 0 bridgehead atoms. The molecule has 98 valence electrons. The number of hydrogen-bond acceptors (Lipinski definition) is 3. The molecule has 0 spiro atoms. The normalized spacial score (nSPS) is 19.3. The molecule has 1 N–H and O–H groups in total. The topological polar surface area (TPSA) is 75.4 Å². The molecule has 6 heteroatoms. The predicted molar refractivity (Wildman–Crippen MR) is 64.3 cm³/mol. The molecule has 6 nitrogen and oxygen atoms in total. The predicted octanol–water partition coefficient (Wildman–Crippen LogP) is 0.584. The summed E-state index contributed by atoms with van der Waals surface area (Å²) in [5.74, 6) is -1.38. The molecule has 1 aliphatic rings. The summed E-state index contributed by atoms with van der Waals surface area (Å²) < 4.78 is 1.67. The Bertz CT molecular complexity index is 507. The molecule has 2 heterocycles. The highest BCUT2D eigenvalue weighted by Gasteiger charge is 2.33. The average molecular weight is 251 g/mol. The zero-order chi connectivity index (χ0) is 13.4. The Morgan fingerprint density at radius 2 is 2.06 bits per heavy atom. The summed E-state index contributed by atoms with van der Waals surface area (Å²) in [6.07, 6.45) is 0.527. The molecule has 0 saturated carbocycles. The Balaban J connectivity index is 2.20. The summed E-state index contributed by atoms with van der Waals surface area (Å²) in [5.41, 5.74) is 2.11. The molecule has 1 saturated heterocycles. The van der Waals surface area contributed by atoms with Crippen LogP contribution in [0.2, 0.25) is 0 Å². The molecule has 0 unspecified atom stereocenters. The lowest BCUT2D eigenvalue weighted by Gasteiger charge is -2.15. The maximum Gasteiger partial charge on any atom is 0.308 e. The second-order valence-corrected chi connectivity index (χ2v) is 4.74. The second-order valence-electron chi connectivity index (χ2n) is 4.74. The summed E-state index contributed by atoms with van der Waals surface area (Å²) in [7, 11) is 1.79. The van der Waals surface area contributed by atoms with E-state index in [1.807, 2.05) is 6.92 Å². The van der Waals surface area contributed by atoms with Crippen LogP contribution in [-0.2, 0) is 11.8 Å². The van der Waals surface area contributed by atoms with Crippen molar-refractivity contribution in [3.8, 4) is 0 Å². The summed E-state index contributed by atoms with van der Waals surface area (Å²) in [4.78, 5) is 24.8. The van der Waals surface area contributed by atoms with E-state index in [2.05, 4.69) is 5.10 Å². The first-order chi connectivity index (χ1) is 8.41. The van der Waals surface area contributed by atoms with Crippen molar-refractivity contribution in [2.45, 2.75) is 20.3 Å². The number of aliphatic carboxylic acids is 1. The van der Waals surface area contributed by atoms with E-state index in [9.17, 15) is 9.59 Å². The third-order valence-corrected chi connectivity index (χ3v) is 3.55. The Morgan fingerprint density at radius 1 is 1.39 bits per heavy atom. The Kier molecular flexibility index (Phi) is 3.11. The van der Waals surface area contributed by atoms with E-state index in [0.29, 0.717) is 30.8 Å². The van der Waals surface area contributed by atoms with Crippen molar-refractivity contribution in [1.82, 2.24) is 14.7 Å². The monoisotopic (exact) mass is 251 g/mol. The van der Waals surface area contributed by atoms with Gasteiger partial charge in [-0.05, 0) is 20.3 Å². The van der Waals surface area contributed by atoms with E-state index in [1.165, 1.54) is 0 Å². The van der Waals surface area contributed by atoms with Gasteiger partial charge < -0.3 is 10.0 Å². The van der Waals surface area contributed by atoms with Crippen LogP contribution in [0.25, 0.3) is 0 Å². The molecule has 1 atom stereocenters. The van der Waals surface area contributed by atoms with Crippen molar-refractivity contribution < 1.29 is 14.7 Å². The van der Waals surface area contributed by atoms with Crippen LogP contribution in [0, 0.1) is 19.8 Å². The van der Waals surface area contributed by atoms with Crippen LogP contribution < -0.4 is 0 Å². The summed E-state index contributed by atoms with van der Waals surface area (Å²) in [5, 5.41) is 13.2. The van der Waals surface area contributed by atoms with E-state index >= 15 is 0 Å². The lowest BCUT2D eigenvalue weighted by Crippen LogP contribution is -2.30. The van der Waals surface area contributed by atoms with Gasteiger partial charge in [0, 0.05) is 25.8 Å². The first-order valence-corrected chi connectivity index (χ1v) is 5.94. The van der Waals surface area contributed by atoms with Crippen molar-refractivity contribution in [3.63, 3.8) is 0 Å². The SMILES string of the molecule is Cc1nn(C)c(C)c1C(=O)N1CC[C@@H](C(=O)O)C1. The molecule has 0 aromatic carbocycles. The quantitative estimate of drug-likeness (QED) is 0.834. The highest BCUT2D eigenvalue weighted by atomic mass is 16.4. The lowest BCUT2D eigenvalue weighted by molar-refractivity contribution is -0.141. The standard InChI is InChI=1S/C12H17N3O3/c1-7-10(8(2)14(3)13-7)11(16)15-5-4-9(6-15)12(17)18/h9H,4-6H2,1-3H3,(H,17,18)/t9-/m1/s1. The zero-order valence-corrected chi connectivity index (χ0v) is 10.8. The van der Waals surface area contributed by atoms with Crippen molar-refractivity contribution in [2.75, 3.05) is 13.1 Å². The van der Waals surface area contributed by atoms with Gasteiger partial charge in [0.15, 0.2) is 0 Å². The maximum absolute atomic E-state index is 12.3. The van der Waals surface area contributed by atoms with Gasteiger partial charge in [-0.25, -0.2) is 0 Å². The van der Waals surface area contributed by atoms with Crippen LogP contribution in [0.3, 0.4) is 0 Å². The van der Waals surface area contributed by atoms with Gasteiger partial charge in [-0.3, -0.25) is 14.3 Å². The minimum absolute atomic E-state index is 0.109. The number of amides is 1. The van der Waals surface area contributed by atoms with Crippen LogP contribution in [0.4, 0.5) is 0 Å². The maximum atomic E-state index is 12.3. The third kappa shape index (κ3) is 1.98. The van der Waals surface area contributed by atoms with E-state index in [4.69, 9.17) is 5.11 Å². The highest BCUT2D eigenvalue weighted by molar-refractivity contribution is 5.96.